The van der Waals surface area contributed by atoms with Gasteiger partial charge in [-0.1, -0.05) is 0 Å². The number of ether oxygens (including phenoxy) is 1. The minimum absolute atomic E-state index is 0.0728. The Morgan fingerprint density at radius 1 is 1.25 bits per heavy atom. The molecule has 0 aromatic rings. The number of halogens is 3. The molecule has 16 heavy (non-hydrogen) atoms. The van der Waals surface area contributed by atoms with Gasteiger partial charge in [0.1, 0.15) is 5.78 Å². The van der Waals surface area contributed by atoms with Gasteiger partial charge in [0, 0.05) is 19.4 Å². The molecule has 0 aliphatic carbocycles. The summed E-state index contributed by atoms with van der Waals surface area (Å²) in [5.74, 6) is -0.313. The second kappa shape index (κ2) is 6.23. The lowest BCUT2D eigenvalue weighted by atomic mass is 10.0. The van der Waals surface area contributed by atoms with Gasteiger partial charge in [-0.2, -0.15) is 13.2 Å². The van der Waals surface area contributed by atoms with Crippen molar-refractivity contribution in [1.82, 2.24) is 0 Å². The third-order valence-corrected chi connectivity index (χ3v) is 2.71. The fourth-order valence-corrected chi connectivity index (χ4v) is 1.76. The first-order chi connectivity index (χ1) is 7.47. The number of carbonyl (C=O) groups excluding carboxylic acids is 1. The van der Waals surface area contributed by atoms with Gasteiger partial charge in [-0.25, -0.2) is 0 Å². The summed E-state index contributed by atoms with van der Waals surface area (Å²) < 4.78 is 40.9. The maximum absolute atomic E-state index is 11.8. The second-order valence-corrected chi connectivity index (χ2v) is 4.18. The van der Waals surface area contributed by atoms with Gasteiger partial charge < -0.3 is 4.74 Å². The lowest BCUT2D eigenvalue weighted by Crippen LogP contribution is -2.20. The van der Waals surface area contributed by atoms with Crippen molar-refractivity contribution in [3.8, 4) is 0 Å². The SMILES string of the molecule is O=C(CCC1CCCCO1)CCC(F)(F)F. The maximum atomic E-state index is 11.8. The van der Waals surface area contributed by atoms with Crippen LogP contribution in [-0.4, -0.2) is 24.7 Å². The van der Waals surface area contributed by atoms with Crippen LogP contribution < -0.4 is 0 Å². The van der Waals surface area contributed by atoms with Crippen molar-refractivity contribution in [3.05, 3.63) is 0 Å². The third-order valence-electron chi connectivity index (χ3n) is 2.71. The molecule has 0 aromatic carbocycles. The van der Waals surface area contributed by atoms with Crippen LogP contribution in [0.2, 0.25) is 0 Å². The average molecular weight is 238 g/mol. The molecule has 1 aliphatic heterocycles. The van der Waals surface area contributed by atoms with Crippen LogP contribution in [0.15, 0.2) is 0 Å². The van der Waals surface area contributed by atoms with E-state index >= 15 is 0 Å². The number of Topliss-reactive ketones (excluding diaryl/α,β-unsaturated/α-hetero) is 1. The largest absolute Gasteiger partial charge is 0.389 e. The molecular formula is C11H17F3O2. The van der Waals surface area contributed by atoms with Gasteiger partial charge >= 0.3 is 6.18 Å². The topological polar surface area (TPSA) is 26.3 Å². The predicted molar refractivity (Wildman–Crippen MR) is 53.1 cm³/mol. The van der Waals surface area contributed by atoms with Gasteiger partial charge in [0.25, 0.3) is 0 Å². The van der Waals surface area contributed by atoms with E-state index in [1.165, 1.54) is 0 Å². The second-order valence-electron chi connectivity index (χ2n) is 4.18. The molecule has 1 rings (SSSR count). The van der Waals surface area contributed by atoms with E-state index in [9.17, 15) is 18.0 Å². The van der Waals surface area contributed by atoms with Gasteiger partial charge in [-0.15, -0.1) is 0 Å². The zero-order valence-electron chi connectivity index (χ0n) is 9.18. The summed E-state index contributed by atoms with van der Waals surface area (Å²) in [6.45, 7) is 0.710. The summed E-state index contributed by atoms with van der Waals surface area (Å²) in [7, 11) is 0. The third kappa shape index (κ3) is 6.10. The first kappa shape index (κ1) is 13.5. The molecule has 0 bridgehead atoms. The van der Waals surface area contributed by atoms with Gasteiger partial charge in [-0.05, 0) is 25.7 Å². The average Bonchev–Trinajstić information content (AvgIpc) is 2.24. The molecule has 5 heteroatoms. The van der Waals surface area contributed by atoms with Crippen LogP contribution in [0, 0.1) is 0 Å². The lowest BCUT2D eigenvalue weighted by molar-refractivity contribution is -0.143. The van der Waals surface area contributed by atoms with Gasteiger partial charge in [0.2, 0.25) is 0 Å². The Morgan fingerprint density at radius 3 is 2.56 bits per heavy atom. The van der Waals surface area contributed by atoms with Crippen molar-refractivity contribution in [1.29, 1.82) is 0 Å². The monoisotopic (exact) mass is 238 g/mol. The van der Waals surface area contributed by atoms with Crippen molar-refractivity contribution in [2.24, 2.45) is 0 Å². The van der Waals surface area contributed by atoms with E-state index in [2.05, 4.69) is 0 Å². The number of hydrogen-bond acceptors (Lipinski definition) is 2. The predicted octanol–water partition coefficient (Wildman–Crippen LogP) is 3.25. The fourth-order valence-electron chi connectivity index (χ4n) is 1.76. The van der Waals surface area contributed by atoms with E-state index in [1.807, 2.05) is 0 Å². The van der Waals surface area contributed by atoms with Crippen LogP contribution in [0.4, 0.5) is 13.2 Å². The van der Waals surface area contributed by atoms with Crippen LogP contribution in [0.3, 0.4) is 0 Å². The quantitative estimate of drug-likeness (QED) is 0.735. The molecule has 0 aromatic heterocycles. The van der Waals surface area contributed by atoms with Crippen LogP contribution in [0.5, 0.6) is 0 Å². The van der Waals surface area contributed by atoms with Crippen molar-refractivity contribution >= 4 is 5.78 Å². The molecule has 94 valence electrons. The summed E-state index contributed by atoms with van der Waals surface area (Å²) in [4.78, 5) is 11.2. The lowest BCUT2D eigenvalue weighted by Gasteiger charge is -2.22. The molecular weight excluding hydrogens is 221 g/mol. The number of ketones is 1. The Hall–Kier alpha value is -0.580. The van der Waals surface area contributed by atoms with Crippen LogP contribution in [-0.2, 0) is 9.53 Å². The smallest absolute Gasteiger partial charge is 0.378 e. The minimum Gasteiger partial charge on any atom is -0.378 e. The Morgan fingerprint density at radius 2 is 2.00 bits per heavy atom. The summed E-state index contributed by atoms with van der Waals surface area (Å²) in [5, 5.41) is 0. The van der Waals surface area contributed by atoms with Crippen LogP contribution in [0.1, 0.15) is 44.9 Å². The number of hydrogen-bond donors (Lipinski definition) is 0. The Bertz CT molecular complexity index is 220. The minimum atomic E-state index is -4.23. The van der Waals surface area contributed by atoms with Gasteiger partial charge in [0.15, 0.2) is 0 Å². The highest BCUT2D eigenvalue weighted by atomic mass is 19.4. The van der Waals surface area contributed by atoms with E-state index in [0.717, 1.165) is 19.3 Å². The Balaban J connectivity index is 2.09. The molecule has 1 saturated heterocycles. The van der Waals surface area contributed by atoms with Crippen molar-refractivity contribution in [2.75, 3.05) is 6.61 Å². The summed E-state index contributed by atoms with van der Waals surface area (Å²) in [6, 6.07) is 0. The number of carbonyl (C=O) groups is 1. The van der Waals surface area contributed by atoms with E-state index in [-0.39, 0.29) is 18.3 Å². The normalized spacial score (nSPS) is 22.1. The van der Waals surface area contributed by atoms with Crippen LogP contribution >= 0.6 is 0 Å². The first-order valence-corrected chi connectivity index (χ1v) is 5.67. The molecule has 1 heterocycles. The van der Waals surface area contributed by atoms with Gasteiger partial charge in [0.05, 0.1) is 12.5 Å². The first-order valence-electron chi connectivity index (χ1n) is 5.67. The Kier molecular flexibility index (Phi) is 5.25. The summed E-state index contributed by atoms with van der Waals surface area (Å²) in [6.07, 6.45) is -1.72. The molecule has 0 amide bonds. The highest BCUT2D eigenvalue weighted by Crippen LogP contribution is 2.23. The zero-order chi connectivity index (χ0) is 12.0. The molecule has 2 nitrogen and oxygen atoms in total. The van der Waals surface area contributed by atoms with E-state index in [0.29, 0.717) is 13.0 Å². The molecule has 1 fully saturated rings. The fraction of sp³-hybridized carbons (Fsp3) is 0.909. The molecule has 1 aliphatic rings. The van der Waals surface area contributed by atoms with E-state index in [4.69, 9.17) is 4.74 Å². The molecule has 1 atom stereocenters. The molecule has 0 radical (unpaired) electrons. The number of alkyl halides is 3. The highest BCUT2D eigenvalue weighted by Gasteiger charge is 2.27. The van der Waals surface area contributed by atoms with Crippen molar-refractivity contribution < 1.29 is 22.7 Å². The van der Waals surface area contributed by atoms with Crippen LogP contribution in [0.25, 0.3) is 0 Å². The highest BCUT2D eigenvalue weighted by molar-refractivity contribution is 5.78. The van der Waals surface area contributed by atoms with E-state index < -0.39 is 19.0 Å². The molecule has 0 saturated carbocycles. The van der Waals surface area contributed by atoms with Crippen molar-refractivity contribution in [3.63, 3.8) is 0 Å². The maximum Gasteiger partial charge on any atom is 0.389 e. The summed E-state index contributed by atoms with van der Waals surface area (Å²) in [5.41, 5.74) is 0. The van der Waals surface area contributed by atoms with Crippen molar-refractivity contribution in [2.45, 2.75) is 57.2 Å². The number of rotatable bonds is 5. The molecule has 0 N–H and O–H groups in total. The van der Waals surface area contributed by atoms with Gasteiger partial charge in [-0.3, -0.25) is 4.79 Å². The van der Waals surface area contributed by atoms with E-state index in [1.54, 1.807) is 0 Å². The summed E-state index contributed by atoms with van der Waals surface area (Å²) >= 11 is 0. The zero-order valence-corrected chi connectivity index (χ0v) is 9.18. The molecule has 0 spiro atoms. The molecule has 1 unspecified atom stereocenters. The Labute approximate surface area is 93.2 Å². The standard InChI is InChI=1S/C11H17F3O2/c12-11(13,14)7-6-9(15)4-5-10-3-1-2-8-16-10/h10H,1-8H2.